The van der Waals surface area contributed by atoms with Crippen molar-refractivity contribution in [3.63, 3.8) is 0 Å². The number of fused-ring (bicyclic) bond motifs is 1. The minimum atomic E-state index is -0.914. The topological polar surface area (TPSA) is 69.6 Å². The minimum Gasteiger partial charge on any atom is -0.350 e. The summed E-state index contributed by atoms with van der Waals surface area (Å²) in [6.07, 6.45) is 0.210. The SMILES string of the molecule is CC(C(=O)NCc1cccc2ccccc12)N(O)C=O. The van der Waals surface area contributed by atoms with E-state index in [2.05, 4.69) is 5.32 Å². The van der Waals surface area contributed by atoms with Gasteiger partial charge in [0.05, 0.1) is 0 Å². The van der Waals surface area contributed by atoms with Crippen molar-refractivity contribution in [1.82, 2.24) is 10.4 Å². The van der Waals surface area contributed by atoms with Gasteiger partial charge >= 0.3 is 0 Å². The van der Waals surface area contributed by atoms with E-state index in [1.807, 2.05) is 42.5 Å². The normalized spacial score (nSPS) is 11.9. The lowest BCUT2D eigenvalue weighted by atomic mass is 10.0. The molecule has 0 fully saturated rings. The number of hydrogen-bond donors (Lipinski definition) is 2. The fourth-order valence-corrected chi connectivity index (χ4v) is 1.99. The quantitative estimate of drug-likeness (QED) is 0.494. The van der Waals surface area contributed by atoms with Gasteiger partial charge in [0.1, 0.15) is 6.04 Å². The predicted molar refractivity (Wildman–Crippen MR) is 74.9 cm³/mol. The van der Waals surface area contributed by atoms with Gasteiger partial charge in [-0.3, -0.25) is 14.8 Å². The van der Waals surface area contributed by atoms with Crippen LogP contribution in [0.15, 0.2) is 42.5 Å². The van der Waals surface area contributed by atoms with Crippen LogP contribution in [0.1, 0.15) is 12.5 Å². The summed E-state index contributed by atoms with van der Waals surface area (Å²) in [7, 11) is 0. The molecule has 5 heteroatoms. The number of nitrogens with one attached hydrogen (secondary N) is 1. The van der Waals surface area contributed by atoms with E-state index < -0.39 is 11.9 Å². The van der Waals surface area contributed by atoms with Gasteiger partial charge in [-0.1, -0.05) is 42.5 Å². The van der Waals surface area contributed by atoms with Crippen molar-refractivity contribution >= 4 is 23.1 Å². The van der Waals surface area contributed by atoms with E-state index in [0.717, 1.165) is 16.3 Å². The summed E-state index contributed by atoms with van der Waals surface area (Å²) in [5.41, 5.74) is 0.985. The number of hydrogen-bond acceptors (Lipinski definition) is 3. The largest absolute Gasteiger partial charge is 0.350 e. The van der Waals surface area contributed by atoms with Gasteiger partial charge in [-0.05, 0) is 23.3 Å². The molecule has 0 saturated heterocycles. The number of carbonyl (C=O) groups excluding carboxylic acids is 2. The Kier molecular flexibility index (Phi) is 4.32. The highest BCUT2D eigenvalue weighted by Gasteiger charge is 2.18. The number of hydroxylamine groups is 2. The summed E-state index contributed by atoms with van der Waals surface area (Å²) in [6.45, 7) is 1.80. The fourth-order valence-electron chi connectivity index (χ4n) is 1.99. The molecule has 1 atom stereocenters. The average Bonchev–Trinajstić information content (AvgIpc) is 2.50. The van der Waals surface area contributed by atoms with Gasteiger partial charge in [-0.25, -0.2) is 5.06 Å². The molecule has 104 valence electrons. The van der Waals surface area contributed by atoms with Gasteiger partial charge in [0, 0.05) is 6.54 Å². The first-order valence-corrected chi connectivity index (χ1v) is 6.30. The highest BCUT2D eigenvalue weighted by molar-refractivity contribution is 5.87. The van der Waals surface area contributed by atoms with E-state index in [9.17, 15) is 14.8 Å². The fraction of sp³-hybridized carbons (Fsp3) is 0.200. The Balaban J connectivity index is 2.10. The van der Waals surface area contributed by atoms with E-state index in [4.69, 9.17) is 0 Å². The minimum absolute atomic E-state index is 0.210. The molecule has 0 radical (unpaired) electrons. The zero-order valence-electron chi connectivity index (χ0n) is 11.1. The number of carbonyl (C=O) groups is 2. The molecule has 2 amide bonds. The second-order valence-corrected chi connectivity index (χ2v) is 4.52. The first-order valence-electron chi connectivity index (χ1n) is 6.30. The summed E-state index contributed by atoms with van der Waals surface area (Å²) in [6, 6.07) is 12.8. The summed E-state index contributed by atoms with van der Waals surface area (Å²) < 4.78 is 0. The van der Waals surface area contributed by atoms with Crippen LogP contribution in [0, 0.1) is 0 Å². The van der Waals surface area contributed by atoms with Gasteiger partial charge in [-0.2, -0.15) is 0 Å². The molecule has 2 rings (SSSR count). The zero-order valence-corrected chi connectivity index (χ0v) is 11.1. The molecular formula is C15H16N2O3. The smallest absolute Gasteiger partial charge is 0.245 e. The molecule has 0 aliphatic heterocycles. The van der Waals surface area contributed by atoms with Gasteiger partial charge in [0.15, 0.2) is 0 Å². The van der Waals surface area contributed by atoms with Crippen molar-refractivity contribution in [3.05, 3.63) is 48.0 Å². The van der Waals surface area contributed by atoms with Crippen molar-refractivity contribution in [2.75, 3.05) is 0 Å². The van der Waals surface area contributed by atoms with Crippen molar-refractivity contribution in [1.29, 1.82) is 0 Å². The average molecular weight is 272 g/mol. The molecule has 1 unspecified atom stereocenters. The van der Waals surface area contributed by atoms with E-state index in [1.165, 1.54) is 6.92 Å². The Bertz CT molecular complexity index is 622. The molecule has 0 bridgehead atoms. The number of amides is 2. The second kappa shape index (κ2) is 6.16. The van der Waals surface area contributed by atoms with E-state index >= 15 is 0 Å². The van der Waals surface area contributed by atoms with E-state index in [1.54, 1.807) is 0 Å². The molecule has 2 N–H and O–H groups in total. The van der Waals surface area contributed by atoms with E-state index in [0.29, 0.717) is 11.6 Å². The molecule has 0 aliphatic rings. The van der Waals surface area contributed by atoms with Crippen LogP contribution in [0.2, 0.25) is 0 Å². The summed E-state index contributed by atoms with van der Waals surface area (Å²) >= 11 is 0. The third kappa shape index (κ3) is 2.95. The maximum Gasteiger partial charge on any atom is 0.245 e. The molecule has 0 aliphatic carbocycles. The van der Waals surface area contributed by atoms with Crippen LogP contribution in [-0.4, -0.2) is 28.6 Å². The number of benzene rings is 2. The molecular weight excluding hydrogens is 256 g/mol. The van der Waals surface area contributed by atoms with Crippen molar-refractivity contribution in [3.8, 4) is 0 Å². The first kappa shape index (κ1) is 14.0. The second-order valence-electron chi connectivity index (χ2n) is 4.52. The molecule has 2 aromatic carbocycles. The van der Waals surface area contributed by atoms with Gasteiger partial charge < -0.3 is 5.32 Å². The Morgan fingerprint density at radius 2 is 2.00 bits per heavy atom. The number of nitrogens with zero attached hydrogens (tertiary/aromatic N) is 1. The van der Waals surface area contributed by atoms with Crippen LogP contribution in [0.25, 0.3) is 10.8 Å². The predicted octanol–water partition coefficient (Wildman–Crippen LogP) is 1.69. The lowest BCUT2D eigenvalue weighted by Crippen LogP contribution is -2.42. The monoisotopic (exact) mass is 272 g/mol. The summed E-state index contributed by atoms with van der Waals surface area (Å²) in [5.74, 6) is -0.410. The lowest BCUT2D eigenvalue weighted by molar-refractivity contribution is -0.165. The van der Waals surface area contributed by atoms with Gasteiger partial charge in [0.2, 0.25) is 12.3 Å². The highest BCUT2D eigenvalue weighted by atomic mass is 16.5. The molecule has 0 heterocycles. The number of rotatable bonds is 5. The Labute approximate surface area is 116 Å². The van der Waals surface area contributed by atoms with Crippen LogP contribution in [-0.2, 0) is 16.1 Å². The molecule has 20 heavy (non-hydrogen) atoms. The third-order valence-electron chi connectivity index (χ3n) is 3.22. The maximum absolute atomic E-state index is 11.8. The standard InChI is InChI=1S/C15H16N2O3/c1-11(17(20)10-18)15(19)16-9-13-7-4-6-12-5-2-3-8-14(12)13/h2-8,10-11,20H,9H2,1H3,(H,16,19). The molecule has 5 nitrogen and oxygen atoms in total. The first-order chi connectivity index (χ1) is 9.63. The summed E-state index contributed by atoms with van der Waals surface area (Å²) in [5, 5.41) is 14.4. The van der Waals surface area contributed by atoms with E-state index in [-0.39, 0.29) is 6.41 Å². The van der Waals surface area contributed by atoms with Crippen molar-refractivity contribution in [2.45, 2.75) is 19.5 Å². The van der Waals surface area contributed by atoms with Gasteiger partial charge in [0.25, 0.3) is 0 Å². The van der Waals surface area contributed by atoms with Crippen LogP contribution < -0.4 is 5.32 Å². The van der Waals surface area contributed by atoms with Crippen molar-refractivity contribution in [2.24, 2.45) is 0 Å². The molecule has 0 spiro atoms. The highest BCUT2D eigenvalue weighted by Crippen LogP contribution is 2.18. The van der Waals surface area contributed by atoms with Crippen molar-refractivity contribution < 1.29 is 14.8 Å². The lowest BCUT2D eigenvalue weighted by Gasteiger charge is -2.17. The third-order valence-corrected chi connectivity index (χ3v) is 3.22. The van der Waals surface area contributed by atoms with Crippen LogP contribution in [0.3, 0.4) is 0 Å². The van der Waals surface area contributed by atoms with Crippen LogP contribution in [0.5, 0.6) is 0 Å². The Morgan fingerprint density at radius 1 is 1.30 bits per heavy atom. The Hall–Kier alpha value is -2.40. The molecule has 0 aromatic heterocycles. The van der Waals surface area contributed by atoms with Gasteiger partial charge in [-0.15, -0.1) is 0 Å². The maximum atomic E-state index is 11.8. The Morgan fingerprint density at radius 3 is 2.75 bits per heavy atom. The summed E-state index contributed by atoms with van der Waals surface area (Å²) in [4.78, 5) is 22.2. The molecule has 2 aromatic rings. The van der Waals surface area contributed by atoms with Crippen LogP contribution in [0.4, 0.5) is 0 Å². The zero-order chi connectivity index (χ0) is 14.5. The van der Waals surface area contributed by atoms with Crippen LogP contribution >= 0.6 is 0 Å². The molecule has 0 saturated carbocycles.